The van der Waals surface area contributed by atoms with E-state index in [-0.39, 0.29) is 0 Å². The first-order chi connectivity index (χ1) is 8.72. The van der Waals surface area contributed by atoms with Gasteiger partial charge in [0.1, 0.15) is 5.65 Å². The van der Waals surface area contributed by atoms with Gasteiger partial charge >= 0.3 is 0 Å². The summed E-state index contributed by atoms with van der Waals surface area (Å²) in [5.41, 5.74) is 4.15. The fourth-order valence-electron chi connectivity index (χ4n) is 3.62. The van der Waals surface area contributed by atoms with Crippen LogP contribution in [0.2, 0.25) is 0 Å². The van der Waals surface area contributed by atoms with Crippen molar-refractivity contribution in [2.45, 2.75) is 32.7 Å². The van der Waals surface area contributed by atoms with Crippen LogP contribution in [0.4, 0.5) is 0 Å². The summed E-state index contributed by atoms with van der Waals surface area (Å²) in [5, 5.41) is 3.62. The third-order valence-electron chi connectivity index (χ3n) is 4.63. The second-order valence-electron chi connectivity index (χ2n) is 6.27. The third-order valence-corrected chi connectivity index (χ3v) is 4.63. The van der Waals surface area contributed by atoms with Crippen LogP contribution >= 0.6 is 0 Å². The Morgan fingerprint density at radius 2 is 2.17 bits per heavy atom. The molecule has 3 saturated carbocycles. The van der Waals surface area contributed by atoms with Crippen LogP contribution in [0.25, 0.3) is 5.65 Å². The van der Waals surface area contributed by atoms with Crippen molar-refractivity contribution in [1.82, 2.24) is 14.7 Å². The Morgan fingerprint density at radius 1 is 1.33 bits per heavy atom. The van der Waals surface area contributed by atoms with Gasteiger partial charge in [-0.2, -0.15) is 0 Å². The Labute approximate surface area is 107 Å². The Bertz CT molecular complexity index is 582. The first-order valence-electron chi connectivity index (χ1n) is 6.87. The van der Waals surface area contributed by atoms with Crippen molar-refractivity contribution in [3.63, 3.8) is 0 Å². The van der Waals surface area contributed by atoms with E-state index in [1.54, 1.807) is 0 Å². The zero-order valence-electron chi connectivity index (χ0n) is 10.8. The van der Waals surface area contributed by atoms with Gasteiger partial charge in [-0.05, 0) is 49.1 Å². The standard InChI is InChI=1S/C15H19N3/c1-11-8-18-9-12(2-3-14(18)17-11)7-16-10-15-4-13(5-15)6-15/h2-3,8-9,13,16H,4-7,10H2,1H3. The predicted molar refractivity (Wildman–Crippen MR) is 71.4 cm³/mol. The highest BCUT2D eigenvalue weighted by atomic mass is 15.0. The smallest absolute Gasteiger partial charge is 0.136 e. The molecule has 94 valence electrons. The van der Waals surface area contributed by atoms with Crippen molar-refractivity contribution in [2.24, 2.45) is 11.3 Å². The highest BCUT2D eigenvalue weighted by Crippen LogP contribution is 2.63. The van der Waals surface area contributed by atoms with Gasteiger partial charge in [-0.3, -0.25) is 0 Å². The zero-order valence-corrected chi connectivity index (χ0v) is 10.8. The number of aryl methyl sites for hydroxylation is 1. The highest BCUT2D eigenvalue weighted by Gasteiger charge is 2.55. The normalized spacial score (nSPS) is 29.1. The SMILES string of the molecule is Cc1cn2cc(CNCC34CC(C3)C4)ccc2n1. The molecule has 3 aliphatic carbocycles. The van der Waals surface area contributed by atoms with Gasteiger partial charge in [-0.15, -0.1) is 0 Å². The van der Waals surface area contributed by atoms with Crippen LogP contribution < -0.4 is 5.32 Å². The van der Waals surface area contributed by atoms with Crippen LogP contribution in [-0.4, -0.2) is 15.9 Å². The molecule has 0 spiro atoms. The molecule has 2 aromatic heterocycles. The fraction of sp³-hybridized carbons (Fsp3) is 0.533. The maximum atomic E-state index is 4.45. The number of hydrogen-bond acceptors (Lipinski definition) is 2. The molecule has 2 aromatic rings. The molecule has 2 heterocycles. The molecule has 3 nitrogen and oxygen atoms in total. The molecule has 18 heavy (non-hydrogen) atoms. The predicted octanol–water partition coefficient (Wildman–Crippen LogP) is 2.53. The highest BCUT2D eigenvalue weighted by molar-refractivity contribution is 5.41. The van der Waals surface area contributed by atoms with Gasteiger partial charge in [0, 0.05) is 25.5 Å². The number of aromatic nitrogens is 2. The molecule has 5 rings (SSSR count). The molecule has 0 aliphatic heterocycles. The van der Waals surface area contributed by atoms with E-state index >= 15 is 0 Å². The minimum atomic E-state index is 0.695. The molecule has 0 aromatic carbocycles. The Hall–Kier alpha value is -1.35. The summed E-state index contributed by atoms with van der Waals surface area (Å²) in [6.07, 6.45) is 8.68. The van der Waals surface area contributed by atoms with Gasteiger partial charge in [-0.1, -0.05) is 6.07 Å². The molecule has 0 amide bonds. The Kier molecular flexibility index (Phi) is 2.10. The lowest BCUT2D eigenvalue weighted by atomic mass is 9.44. The van der Waals surface area contributed by atoms with Crippen LogP contribution in [-0.2, 0) is 6.54 Å². The quantitative estimate of drug-likeness (QED) is 0.891. The molecule has 2 bridgehead atoms. The van der Waals surface area contributed by atoms with Crippen LogP contribution in [0.3, 0.4) is 0 Å². The summed E-state index contributed by atoms with van der Waals surface area (Å²) < 4.78 is 2.12. The summed E-state index contributed by atoms with van der Waals surface area (Å²) in [6.45, 7) is 4.21. The van der Waals surface area contributed by atoms with Crippen molar-refractivity contribution >= 4 is 5.65 Å². The van der Waals surface area contributed by atoms with Crippen LogP contribution in [0.5, 0.6) is 0 Å². The van der Waals surface area contributed by atoms with Crippen molar-refractivity contribution in [3.8, 4) is 0 Å². The number of hydrogen-bond donors (Lipinski definition) is 1. The molecule has 3 heteroatoms. The van der Waals surface area contributed by atoms with Gasteiger partial charge < -0.3 is 9.72 Å². The largest absolute Gasteiger partial charge is 0.312 e. The molecule has 0 unspecified atom stereocenters. The number of nitrogens with one attached hydrogen (secondary N) is 1. The number of rotatable bonds is 4. The fourth-order valence-corrected chi connectivity index (χ4v) is 3.62. The van der Waals surface area contributed by atoms with E-state index in [9.17, 15) is 0 Å². The number of pyridine rings is 1. The number of fused-ring (bicyclic) bond motifs is 1. The lowest BCUT2D eigenvalue weighted by molar-refractivity contribution is -0.103. The summed E-state index contributed by atoms with van der Waals surface area (Å²) in [5.74, 6) is 1.08. The van der Waals surface area contributed by atoms with Crippen molar-refractivity contribution in [1.29, 1.82) is 0 Å². The van der Waals surface area contributed by atoms with E-state index in [1.807, 2.05) is 6.92 Å². The van der Waals surface area contributed by atoms with E-state index in [1.165, 1.54) is 31.4 Å². The van der Waals surface area contributed by atoms with Crippen molar-refractivity contribution < 1.29 is 0 Å². The van der Waals surface area contributed by atoms with Gasteiger partial charge in [0.05, 0.1) is 5.69 Å². The maximum absolute atomic E-state index is 4.45. The van der Waals surface area contributed by atoms with Crippen LogP contribution in [0, 0.1) is 18.3 Å². The van der Waals surface area contributed by atoms with Gasteiger partial charge in [0.25, 0.3) is 0 Å². The molecule has 0 atom stereocenters. The number of nitrogens with zero attached hydrogens (tertiary/aromatic N) is 2. The zero-order chi connectivity index (χ0) is 12.2. The molecular formula is C15H19N3. The minimum Gasteiger partial charge on any atom is -0.312 e. The van der Waals surface area contributed by atoms with Gasteiger partial charge in [0.15, 0.2) is 0 Å². The Morgan fingerprint density at radius 3 is 2.89 bits per heavy atom. The van der Waals surface area contributed by atoms with E-state index in [2.05, 4.69) is 39.2 Å². The minimum absolute atomic E-state index is 0.695. The first kappa shape index (κ1) is 10.6. The lowest BCUT2D eigenvalue weighted by Gasteiger charge is -2.62. The van der Waals surface area contributed by atoms with Gasteiger partial charge in [0.2, 0.25) is 0 Å². The number of imidazole rings is 1. The van der Waals surface area contributed by atoms with Crippen molar-refractivity contribution in [3.05, 3.63) is 35.8 Å². The summed E-state index contributed by atoms with van der Waals surface area (Å²) in [7, 11) is 0. The van der Waals surface area contributed by atoms with Crippen LogP contribution in [0.15, 0.2) is 24.5 Å². The van der Waals surface area contributed by atoms with Crippen LogP contribution in [0.1, 0.15) is 30.5 Å². The molecular weight excluding hydrogens is 222 g/mol. The average Bonchev–Trinajstić information content (AvgIpc) is 2.59. The van der Waals surface area contributed by atoms with E-state index in [0.29, 0.717) is 5.41 Å². The van der Waals surface area contributed by atoms with E-state index in [0.717, 1.165) is 23.8 Å². The van der Waals surface area contributed by atoms with Gasteiger partial charge in [-0.25, -0.2) is 4.98 Å². The topological polar surface area (TPSA) is 29.3 Å². The maximum Gasteiger partial charge on any atom is 0.136 e. The molecule has 0 radical (unpaired) electrons. The first-order valence-corrected chi connectivity index (χ1v) is 6.87. The second kappa shape index (κ2) is 3.58. The molecule has 3 aliphatic rings. The second-order valence-corrected chi connectivity index (χ2v) is 6.27. The average molecular weight is 241 g/mol. The molecule has 0 saturated heterocycles. The lowest BCUT2D eigenvalue weighted by Crippen LogP contribution is -2.56. The molecule has 1 N–H and O–H groups in total. The monoisotopic (exact) mass is 241 g/mol. The summed E-state index contributed by atoms with van der Waals surface area (Å²) in [6, 6.07) is 4.28. The summed E-state index contributed by atoms with van der Waals surface area (Å²) in [4.78, 5) is 4.45. The Balaban J connectivity index is 1.42. The summed E-state index contributed by atoms with van der Waals surface area (Å²) >= 11 is 0. The third kappa shape index (κ3) is 1.57. The van der Waals surface area contributed by atoms with Crippen molar-refractivity contribution in [2.75, 3.05) is 6.54 Å². The van der Waals surface area contributed by atoms with E-state index in [4.69, 9.17) is 0 Å². The molecule has 3 fully saturated rings. The van der Waals surface area contributed by atoms with E-state index < -0.39 is 0 Å².